The van der Waals surface area contributed by atoms with E-state index in [2.05, 4.69) is 15.4 Å². The Labute approximate surface area is 225 Å². The zero-order valence-electron chi connectivity index (χ0n) is 22.7. The van der Waals surface area contributed by atoms with E-state index in [9.17, 15) is 22.8 Å². The van der Waals surface area contributed by atoms with Gasteiger partial charge in [-0.05, 0) is 88.5 Å². The van der Waals surface area contributed by atoms with Crippen molar-refractivity contribution in [3.8, 4) is 0 Å². The molecule has 3 rings (SSSR count). The fourth-order valence-corrected chi connectivity index (χ4v) is 5.72. The first-order valence-corrected chi connectivity index (χ1v) is 14.8. The van der Waals surface area contributed by atoms with Crippen LogP contribution in [0, 0.1) is 5.92 Å². The summed E-state index contributed by atoms with van der Waals surface area (Å²) >= 11 is 0. The fourth-order valence-electron chi connectivity index (χ4n) is 4.81. The lowest BCUT2D eigenvalue weighted by atomic mass is 9.86. The molecule has 0 spiro atoms. The summed E-state index contributed by atoms with van der Waals surface area (Å²) in [5, 5.41) is 5.52. The molecule has 2 aliphatic rings. The van der Waals surface area contributed by atoms with Gasteiger partial charge in [-0.2, -0.15) is 0 Å². The lowest BCUT2D eigenvalue weighted by Gasteiger charge is -2.29. The summed E-state index contributed by atoms with van der Waals surface area (Å²) in [7, 11) is -4.02. The van der Waals surface area contributed by atoms with Crippen LogP contribution in [0.3, 0.4) is 0 Å². The molecule has 0 radical (unpaired) electrons. The number of amides is 5. The van der Waals surface area contributed by atoms with E-state index < -0.39 is 22.1 Å². The molecule has 11 heteroatoms. The third kappa shape index (κ3) is 8.04. The number of hydrogen-bond acceptors (Lipinski definition) is 6. The van der Waals surface area contributed by atoms with Gasteiger partial charge in [0.15, 0.2) is 0 Å². The number of hydrogen-bond donors (Lipinski definition) is 3. The number of nitrogens with one attached hydrogen (secondary N) is 3. The highest BCUT2D eigenvalue weighted by Crippen LogP contribution is 2.25. The highest BCUT2D eigenvalue weighted by molar-refractivity contribution is 7.90. The van der Waals surface area contributed by atoms with Crippen LogP contribution >= 0.6 is 0 Å². The van der Waals surface area contributed by atoms with Crippen molar-refractivity contribution < 1.29 is 27.5 Å². The standard InChI is InChI=1S/C27H40N4O6S/c1-5-24-19(4)16-31(25(24)32)27(34)28-15-14-20-8-12-23(13-9-20)38(35,36)30-26(33)29-22-10-6-21(7-11-22)17-37-18(2)3/h8-9,12-13,18,21-22H,5-7,10-11,14-17H2,1-4H3,(H,28,34)(H2,29,30,33). The maximum Gasteiger partial charge on any atom is 0.328 e. The van der Waals surface area contributed by atoms with Gasteiger partial charge in [0.1, 0.15) is 0 Å². The van der Waals surface area contributed by atoms with E-state index in [1.807, 2.05) is 27.7 Å². The molecule has 0 aromatic heterocycles. The molecule has 1 aliphatic heterocycles. The lowest BCUT2D eigenvalue weighted by Crippen LogP contribution is -2.45. The van der Waals surface area contributed by atoms with E-state index in [-0.39, 0.29) is 22.9 Å². The highest BCUT2D eigenvalue weighted by Gasteiger charge is 2.31. The van der Waals surface area contributed by atoms with Crippen molar-refractivity contribution in [3.63, 3.8) is 0 Å². The first-order chi connectivity index (χ1) is 18.0. The predicted octanol–water partition coefficient (Wildman–Crippen LogP) is 3.48. The van der Waals surface area contributed by atoms with Crippen molar-refractivity contribution in [2.45, 2.75) is 83.3 Å². The average molecular weight is 549 g/mol. The molecule has 1 fully saturated rings. The molecule has 1 aromatic rings. The summed E-state index contributed by atoms with van der Waals surface area (Å²) in [6.07, 6.45) is 4.67. The second-order valence-electron chi connectivity index (χ2n) is 10.3. The SMILES string of the molecule is CCC1=C(C)CN(C(=O)NCCc2ccc(S(=O)(=O)NC(=O)NC3CCC(COC(C)C)CC3)cc2)C1=O. The molecule has 10 nitrogen and oxygen atoms in total. The summed E-state index contributed by atoms with van der Waals surface area (Å²) < 4.78 is 33.1. The molecular formula is C27H40N4O6S. The van der Waals surface area contributed by atoms with Crippen LogP contribution in [-0.4, -0.2) is 63.1 Å². The van der Waals surface area contributed by atoms with E-state index in [4.69, 9.17) is 4.74 Å². The fraction of sp³-hybridized carbons (Fsp3) is 0.593. The first-order valence-electron chi connectivity index (χ1n) is 13.3. The Morgan fingerprint density at radius 1 is 1.11 bits per heavy atom. The first kappa shape index (κ1) is 29.6. The largest absolute Gasteiger partial charge is 0.379 e. The number of rotatable bonds is 10. The van der Waals surface area contributed by atoms with Crippen molar-refractivity contribution in [2.24, 2.45) is 5.92 Å². The van der Waals surface area contributed by atoms with Crippen LogP contribution in [0.2, 0.25) is 0 Å². The molecule has 1 aromatic carbocycles. The second kappa shape index (κ2) is 13.2. The number of ether oxygens (including phenoxy) is 1. The molecule has 0 saturated heterocycles. The molecule has 3 N–H and O–H groups in total. The molecule has 5 amide bonds. The van der Waals surface area contributed by atoms with Crippen molar-refractivity contribution in [1.29, 1.82) is 0 Å². The summed E-state index contributed by atoms with van der Waals surface area (Å²) in [6.45, 7) is 9.06. The van der Waals surface area contributed by atoms with Crippen LogP contribution in [0.5, 0.6) is 0 Å². The number of imide groups is 1. The van der Waals surface area contributed by atoms with Crippen LogP contribution in [-0.2, 0) is 26.0 Å². The lowest BCUT2D eigenvalue weighted by molar-refractivity contribution is -0.123. The quantitative estimate of drug-likeness (QED) is 0.410. The number of carbonyl (C=O) groups is 3. The molecule has 0 bridgehead atoms. The minimum atomic E-state index is -4.02. The minimum absolute atomic E-state index is 0.0220. The number of urea groups is 2. The smallest absolute Gasteiger partial charge is 0.328 e. The van der Waals surface area contributed by atoms with Crippen molar-refractivity contribution >= 4 is 28.0 Å². The van der Waals surface area contributed by atoms with Crippen LogP contribution in [0.25, 0.3) is 0 Å². The minimum Gasteiger partial charge on any atom is -0.379 e. The number of carbonyl (C=O) groups excluding carboxylic acids is 3. The number of nitrogens with zero attached hydrogens (tertiary/aromatic N) is 1. The Morgan fingerprint density at radius 2 is 1.76 bits per heavy atom. The Kier molecular flexibility index (Phi) is 10.3. The Balaban J connectivity index is 1.42. The van der Waals surface area contributed by atoms with Crippen LogP contribution in [0.4, 0.5) is 9.59 Å². The van der Waals surface area contributed by atoms with Crippen molar-refractivity contribution in [1.82, 2.24) is 20.3 Å². The molecule has 210 valence electrons. The van der Waals surface area contributed by atoms with Gasteiger partial charge in [0.05, 0.1) is 17.5 Å². The maximum atomic E-state index is 12.7. The summed E-state index contributed by atoms with van der Waals surface area (Å²) in [5.74, 6) is 0.212. The van der Waals surface area contributed by atoms with Gasteiger partial charge in [-0.3, -0.25) is 9.69 Å². The zero-order chi connectivity index (χ0) is 27.9. The summed E-state index contributed by atoms with van der Waals surface area (Å²) in [5.41, 5.74) is 2.40. The van der Waals surface area contributed by atoms with E-state index >= 15 is 0 Å². The topological polar surface area (TPSA) is 134 Å². The highest BCUT2D eigenvalue weighted by atomic mass is 32.2. The molecular weight excluding hydrogens is 508 g/mol. The van der Waals surface area contributed by atoms with Gasteiger partial charge >= 0.3 is 12.1 Å². The molecule has 38 heavy (non-hydrogen) atoms. The number of sulfonamides is 1. The molecule has 1 saturated carbocycles. The van der Waals surface area contributed by atoms with E-state index in [1.165, 1.54) is 17.0 Å². The molecule has 0 atom stereocenters. The molecule has 1 aliphatic carbocycles. The maximum absolute atomic E-state index is 12.7. The zero-order valence-corrected chi connectivity index (χ0v) is 23.5. The molecule has 0 unspecified atom stereocenters. The van der Waals surface area contributed by atoms with Gasteiger partial charge < -0.3 is 15.4 Å². The van der Waals surface area contributed by atoms with Crippen molar-refractivity contribution in [3.05, 3.63) is 41.0 Å². The van der Waals surface area contributed by atoms with Gasteiger partial charge in [0.2, 0.25) is 0 Å². The van der Waals surface area contributed by atoms with Gasteiger partial charge in [0.25, 0.3) is 15.9 Å². The Morgan fingerprint density at radius 3 is 2.34 bits per heavy atom. The predicted molar refractivity (Wildman–Crippen MR) is 144 cm³/mol. The van der Waals surface area contributed by atoms with Gasteiger partial charge in [-0.15, -0.1) is 0 Å². The van der Waals surface area contributed by atoms with Gasteiger partial charge in [-0.25, -0.2) is 22.7 Å². The average Bonchev–Trinajstić information content (AvgIpc) is 3.16. The monoisotopic (exact) mass is 548 g/mol. The Hall–Kier alpha value is -2.92. The third-order valence-corrected chi connectivity index (χ3v) is 8.36. The van der Waals surface area contributed by atoms with E-state index in [0.717, 1.165) is 36.8 Å². The summed E-state index contributed by atoms with van der Waals surface area (Å²) in [4.78, 5) is 38.2. The van der Waals surface area contributed by atoms with Gasteiger partial charge in [0, 0.05) is 24.8 Å². The van der Waals surface area contributed by atoms with Crippen LogP contribution < -0.4 is 15.4 Å². The van der Waals surface area contributed by atoms with Gasteiger partial charge in [-0.1, -0.05) is 19.1 Å². The normalized spacial score (nSPS) is 20.1. The second-order valence-corrected chi connectivity index (χ2v) is 12.0. The van der Waals surface area contributed by atoms with E-state index in [0.29, 0.717) is 44.0 Å². The third-order valence-electron chi connectivity index (χ3n) is 7.01. The Bertz CT molecular complexity index is 1140. The van der Waals surface area contributed by atoms with Crippen LogP contribution in [0.15, 0.2) is 40.3 Å². The molecule has 1 heterocycles. The van der Waals surface area contributed by atoms with Crippen molar-refractivity contribution in [2.75, 3.05) is 19.7 Å². The van der Waals surface area contributed by atoms with E-state index in [1.54, 1.807) is 12.1 Å². The number of benzene rings is 1. The van der Waals surface area contributed by atoms with Crippen LogP contribution in [0.1, 0.15) is 65.4 Å². The summed E-state index contributed by atoms with van der Waals surface area (Å²) in [6, 6.07) is 4.90.